The lowest BCUT2D eigenvalue weighted by Gasteiger charge is -2.26. The highest BCUT2D eigenvalue weighted by atomic mass is 32.2. The van der Waals surface area contributed by atoms with E-state index in [1.165, 1.54) is 18.2 Å². The maximum atomic E-state index is 13.7. The average molecular weight is 285 g/mol. The van der Waals surface area contributed by atoms with Gasteiger partial charge in [-0.25, -0.2) is 9.18 Å². The van der Waals surface area contributed by atoms with Crippen LogP contribution in [0.3, 0.4) is 0 Å². The second-order valence-electron chi connectivity index (χ2n) is 4.54. The Morgan fingerprint density at radius 2 is 2.21 bits per heavy atom. The van der Waals surface area contributed by atoms with Gasteiger partial charge < -0.3 is 5.11 Å². The number of carboxylic acid groups (broad SMARTS) is 1. The van der Waals surface area contributed by atoms with Crippen LogP contribution in [0.2, 0.25) is 0 Å². The number of hydrogen-bond donors (Lipinski definition) is 1. The van der Waals surface area contributed by atoms with Crippen molar-refractivity contribution >= 4 is 17.7 Å². The molecule has 0 aliphatic carbocycles. The highest BCUT2D eigenvalue weighted by Gasteiger charge is 2.15. The SMILES string of the molecule is CCC(CSC)N(C)Cc1cc(C(=O)O)ccc1F. The fraction of sp³-hybridized carbons (Fsp3) is 0.500. The molecular formula is C14H20FNO2S. The first kappa shape index (κ1) is 16.0. The first-order valence-corrected chi connectivity index (χ1v) is 7.59. The monoisotopic (exact) mass is 285 g/mol. The summed E-state index contributed by atoms with van der Waals surface area (Å²) in [7, 11) is 1.94. The Morgan fingerprint density at radius 3 is 2.74 bits per heavy atom. The molecule has 0 saturated heterocycles. The number of rotatable bonds is 7. The van der Waals surface area contributed by atoms with E-state index in [1.54, 1.807) is 11.8 Å². The van der Waals surface area contributed by atoms with Crippen LogP contribution in [-0.2, 0) is 6.54 Å². The molecule has 1 aromatic carbocycles. The van der Waals surface area contributed by atoms with Crippen LogP contribution in [0.25, 0.3) is 0 Å². The van der Waals surface area contributed by atoms with Crippen LogP contribution in [0.15, 0.2) is 18.2 Å². The van der Waals surface area contributed by atoms with Crippen molar-refractivity contribution in [2.45, 2.75) is 25.9 Å². The molecule has 0 heterocycles. The van der Waals surface area contributed by atoms with Crippen molar-refractivity contribution in [2.24, 2.45) is 0 Å². The van der Waals surface area contributed by atoms with Gasteiger partial charge in [0.1, 0.15) is 5.82 Å². The molecule has 3 nitrogen and oxygen atoms in total. The van der Waals surface area contributed by atoms with Crippen molar-refractivity contribution in [3.63, 3.8) is 0 Å². The minimum Gasteiger partial charge on any atom is -0.478 e. The zero-order valence-electron chi connectivity index (χ0n) is 11.5. The first-order valence-electron chi connectivity index (χ1n) is 6.20. The van der Waals surface area contributed by atoms with Gasteiger partial charge in [0.05, 0.1) is 5.56 Å². The fourth-order valence-electron chi connectivity index (χ4n) is 1.98. The molecule has 0 fully saturated rings. The Kier molecular flexibility index (Phi) is 6.31. The Bertz CT molecular complexity index is 439. The highest BCUT2D eigenvalue weighted by molar-refractivity contribution is 7.98. The van der Waals surface area contributed by atoms with Crippen LogP contribution in [0, 0.1) is 5.82 Å². The maximum Gasteiger partial charge on any atom is 0.335 e. The molecule has 0 aliphatic heterocycles. The van der Waals surface area contributed by atoms with E-state index in [9.17, 15) is 9.18 Å². The average Bonchev–Trinajstić information content (AvgIpc) is 2.38. The summed E-state index contributed by atoms with van der Waals surface area (Å²) in [5.41, 5.74) is 0.560. The first-order chi connectivity index (χ1) is 8.99. The molecule has 19 heavy (non-hydrogen) atoms. The molecule has 1 N–H and O–H groups in total. The van der Waals surface area contributed by atoms with Crippen LogP contribution in [-0.4, -0.2) is 41.1 Å². The molecule has 5 heteroatoms. The van der Waals surface area contributed by atoms with E-state index in [0.717, 1.165) is 12.2 Å². The predicted molar refractivity (Wildman–Crippen MR) is 77.3 cm³/mol. The molecule has 1 atom stereocenters. The van der Waals surface area contributed by atoms with E-state index in [4.69, 9.17) is 5.11 Å². The number of nitrogens with zero attached hydrogens (tertiary/aromatic N) is 1. The summed E-state index contributed by atoms with van der Waals surface area (Å²) in [6.45, 7) is 2.52. The largest absolute Gasteiger partial charge is 0.478 e. The number of halogens is 1. The smallest absolute Gasteiger partial charge is 0.335 e. The molecule has 0 aromatic heterocycles. The fourth-order valence-corrected chi connectivity index (χ4v) is 2.85. The summed E-state index contributed by atoms with van der Waals surface area (Å²) in [5.74, 6) is -0.399. The predicted octanol–water partition coefficient (Wildman–Crippen LogP) is 3.10. The summed E-state index contributed by atoms with van der Waals surface area (Å²) in [6.07, 6.45) is 3.03. The molecule has 1 aromatic rings. The van der Waals surface area contributed by atoms with Crippen LogP contribution < -0.4 is 0 Å². The Hall–Kier alpha value is -1.07. The molecule has 0 amide bonds. The lowest BCUT2D eigenvalue weighted by atomic mass is 10.1. The van der Waals surface area contributed by atoms with E-state index in [-0.39, 0.29) is 11.4 Å². The minimum absolute atomic E-state index is 0.128. The van der Waals surface area contributed by atoms with Crippen LogP contribution in [0.5, 0.6) is 0 Å². The van der Waals surface area contributed by atoms with Crippen LogP contribution in [0.4, 0.5) is 4.39 Å². The molecule has 0 radical (unpaired) electrons. The van der Waals surface area contributed by atoms with Crippen molar-refractivity contribution in [1.29, 1.82) is 0 Å². The summed E-state index contributed by atoms with van der Waals surface area (Å²) < 4.78 is 13.7. The number of aromatic carboxylic acids is 1. The summed E-state index contributed by atoms with van der Waals surface area (Å²) in [5, 5.41) is 8.93. The van der Waals surface area contributed by atoms with Gasteiger partial charge in [0.15, 0.2) is 0 Å². The third-order valence-corrected chi connectivity index (χ3v) is 3.88. The van der Waals surface area contributed by atoms with Gasteiger partial charge in [-0.3, -0.25) is 4.90 Å². The van der Waals surface area contributed by atoms with Crippen molar-refractivity contribution in [2.75, 3.05) is 19.1 Å². The van der Waals surface area contributed by atoms with Crippen molar-refractivity contribution in [3.05, 3.63) is 35.1 Å². The zero-order chi connectivity index (χ0) is 14.4. The van der Waals surface area contributed by atoms with Crippen molar-refractivity contribution in [3.8, 4) is 0 Å². The van der Waals surface area contributed by atoms with Crippen LogP contribution in [0.1, 0.15) is 29.3 Å². The molecule has 0 spiro atoms. The number of benzene rings is 1. The Morgan fingerprint density at radius 1 is 1.53 bits per heavy atom. The molecule has 106 valence electrons. The topological polar surface area (TPSA) is 40.5 Å². The van der Waals surface area contributed by atoms with E-state index >= 15 is 0 Å². The second-order valence-corrected chi connectivity index (χ2v) is 5.45. The summed E-state index contributed by atoms with van der Waals surface area (Å²) in [4.78, 5) is 13.0. The van der Waals surface area contributed by atoms with E-state index in [2.05, 4.69) is 11.8 Å². The van der Waals surface area contributed by atoms with Gasteiger partial charge >= 0.3 is 5.97 Å². The summed E-state index contributed by atoms with van der Waals surface area (Å²) in [6, 6.07) is 4.30. The number of thioether (sulfide) groups is 1. The number of carbonyl (C=O) groups is 1. The Labute approximate surface area is 117 Å². The van der Waals surface area contributed by atoms with Gasteiger partial charge in [-0.1, -0.05) is 6.92 Å². The third kappa shape index (κ3) is 4.51. The third-order valence-electron chi connectivity index (χ3n) is 3.17. The van der Waals surface area contributed by atoms with E-state index in [1.807, 2.05) is 13.3 Å². The molecule has 0 aliphatic rings. The quantitative estimate of drug-likeness (QED) is 0.835. The molecule has 1 unspecified atom stereocenters. The standard InChI is InChI=1S/C14H20FNO2S/c1-4-12(9-19-3)16(2)8-11-7-10(14(17)18)5-6-13(11)15/h5-7,12H,4,8-9H2,1-3H3,(H,17,18). The minimum atomic E-state index is -1.03. The molecular weight excluding hydrogens is 265 g/mol. The Balaban J connectivity index is 2.85. The van der Waals surface area contributed by atoms with E-state index in [0.29, 0.717) is 18.2 Å². The second kappa shape index (κ2) is 7.50. The van der Waals surface area contributed by atoms with Gasteiger partial charge in [0.25, 0.3) is 0 Å². The zero-order valence-corrected chi connectivity index (χ0v) is 12.3. The van der Waals surface area contributed by atoms with Gasteiger partial charge in [-0.2, -0.15) is 11.8 Å². The van der Waals surface area contributed by atoms with E-state index < -0.39 is 5.97 Å². The molecule has 0 bridgehead atoms. The maximum absolute atomic E-state index is 13.7. The molecule has 0 saturated carbocycles. The lowest BCUT2D eigenvalue weighted by Crippen LogP contribution is -2.33. The van der Waals surface area contributed by atoms with Gasteiger partial charge in [-0.05, 0) is 37.9 Å². The van der Waals surface area contributed by atoms with Gasteiger partial charge in [0, 0.05) is 23.9 Å². The van der Waals surface area contributed by atoms with Crippen molar-refractivity contribution < 1.29 is 14.3 Å². The van der Waals surface area contributed by atoms with Gasteiger partial charge in [0.2, 0.25) is 0 Å². The van der Waals surface area contributed by atoms with Crippen molar-refractivity contribution in [1.82, 2.24) is 4.90 Å². The lowest BCUT2D eigenvalue weighted by molar-refractivity contribution is 0.0696. The van der Waals surface area contributed by atoms with Crippen LogP contribution >= 0.6 is 11.8 Å². The number of carboxylic acids is 1. The normalized spacial score (nSPS) is 12.7. The number of hydrogen-bond acceptors (Lipinski definition) is 3. The summed E-state index contributed by atoms with van der Waals surface area (Å²) >= 11 is 1.76. The van der Waals surface area contributed by atoms with Gasteiger partial charge in [-0.15, -0.1) is 0 Å². The highest BCUT2D eigenvalue weighted by Crippen LogP contribution is 2.16. The molecule has 1 rings (SSSR count).